The van der Waals surface area contributed by atoms with E-state index in [1.54, 1.807) is 25.6 Å². The fraction of sp³-hybridized carbons (Fsp3) is 0.471. The molecule has 0 amide bonds. The molecular weight excluding hydrogens is 296 g/mol. The van der Waals surface area contributed by atoms with Crippen LogP contribution in [-0.2, 0) is 6.42 Å². The minimum absolute atomic E-state index is 0.155. The van der Waals surface area contributed by atoms with Crippen molar-refractivity contribution >= 4 is 11.3 Å². The minimum atomic E-state index is 0.155. The van der Waals surface area contributed by atoms with Crippen LogP contribution in [0.1, 0.15) is 49.1 Å². The molecular formula is C17H24N2O2S. The predicted octanol–water partition coefficient (Wildman–Crippen LogP) is 4.13. The molecule has 1 N–H and O–H groups in total. The van der Waals surface area contributed by atoms with E-state index in [1.807, 2.05) is 18.2 Å². The van der Waals surface area contributed by atoms with Crippen LogP contribution in [0.15, 0.2) is 23.6 Å². The highest BCUT2D eigenvalue weighted by Gasteiger charge is 2.17. The molecule has 22 heavy (non-hydrogen) atoms. The third-order valence-corrected chi connectivity index (χ3v) is 4.73. The molecule has 1 aromatic heterocycles. The highest BCUT2D eigenvalue weighted by Crippen LogP contribution is 2.30. The lowest BCUT2D eigenvalue weighted by Gasteiger charge is -2.21. The molecule has 0 radical (unpaired) electrons. The van der Waals surface area contributed by atoms with E-state index >= 15 is 0 Å². The third-order valence-electron chi connectivity index (χ3n) is 3.72. The normalized spacial score (nSPS) is 13.7. The number of aryl methyl sites for hydroxylation is 1. The van der Waals surface area contributed by atoms with Crippen molar-refractivity contribution in [2.45, 2.75) is 39.3 Å². The molecule has 0 saturated carbocycles. The molecule has 2 rings (SSSR count). The van der Waals surface area contributed by atoms with Crippen molar-refractivity contribution in [2.75, 3.05) is 14.2 Å². The van der Waals surface area contributed by atoms with Gasteiger partial charge in [-0.2, -0.15) is 0 Å². The number of hydrogen-bond acceptors (Lipinski definition) is 5. The average Bonchev–Trinajstić information content (AvgIpc) is 3.03. The van der Waals surface area contributed by atoms with E-state index < -0.39 is 0 Å². The number of ether oxygens (including phenoxy) is 2. The highest BCUT2D eigenvalue weighted by molar-refractivity contribution is 7.09. The van der Waals surface area contributed by atoms with Gasteiger partial charge < -0.3 is 14.8 Å². The maximum Gasteiger partial charge on any atom is 0.127 e. The smallest absolute Gasteiger partial charge is 0.127 e. The fourth-order valence-electron chi connectivity index (χ4n) is 2.41. The van der Waals surface area contributed by atoms with E-state index in [1.165, 1.54) is 5.01 Å². The highest BCUT2D eigenvalue weighted by atomic mass is 32.1. The molecule has 0 bridgehead atoms. The lowest BCUT2D eigenvalue weighted by Crippen LogP contribution is -2.23. The molecule has 2 aromatic rings. The van der Waals surface area contributed by atoms with Crippen LogP contribution in [0.5, 0.6) is 11.5 Å². The van der Waals surface area contributed by atoms with Gasteiger partial charge in [0.1, 0.15) is 11.5 Å². The maximum atomic E-state index is 5.48. The van der Waals surface area contributed by atoms with Gasteiger partial charge in [-0.1, -0.05) is 13.0 Å². The molecule has 0 spiro atoms. The van der Waals surface area contributed by atoms with Crippen molar-refractivity contribution in [1.29, 1.82) is 0 Å². The number of methoxy groups -OCH3 is 2. The SMILES string of the molecule is CCc1nc([C@@H](C)N[C@@H](C)c2ccc(OC)cc2OC)cs1. The van der Waals surface area contributed by atoms with Gasteiger partial charge in [0.25, 0.3) is 0 Å². The molecule has 0 aliphatic heterocycles. The Morgan fingerprint density at radius 1 is 1.18 bits per heavy atom. The fourth-order valence-corrected chi connectivity index (χ4v) is 3.25. The van der Waals surface area contributed by atoms with Gasteiger partial charge in [-0.3, -0.25) is 0 Å². The molecule has 0 saturated heterocycles. The van der Waals surface area contributed by atoms with Crippen LogP contribution >= 0.6 is 11.3 Å². The Labute approximate surface area is 136 Å². The molecule has 0 fully saturated rings. The second kappa shape index (κ2) is 7.61. The van der Waals surface area contributed by atoms with Crippen molar-refractivity contribution in [3.8, 4) is 11.5 Å². The Balaban J connectivity index is 2.12. The first-order valence-electron chi connectivity index (χ1n) is 7.51. The molecule has 120 valence electrons. The summed E-state index contributed by atoms with van der Waals surface area (Å²) in [7, 11) is 3.34. The van der Waals surface area contributed by atoms with Crippen molar-refractivity contribution in [2.24, 2.45) is 0 Å². The van der Waals surface area contributed by atoms with E-state index in [-0.39, 0.29) is 12.1 Å². The van der Waals surface area contributed by atoms with Gasteiger partial charge in [-0.15, -0.1) is 11.3 Å². The molecule has 2 atom stereocenters. The summed E-state index contributed by atoms with van der Waals surface area (Å²) >= 11 is 1.72. The Kier molecular flexibility index (Phi) is 5.80. The molecule has 0 aliphatic rings. The lowest BCUT2D eigenvalue weighted by molar-refractivity contribution is 0.382. The van der Waals surface area contributed by atoms with Crippen LogP contribution < -0.4 is 14.8 Å². The van der Waals surface area contributed by atoms with Gasteiger partial charge in [-0.25, -0.2) is 4.98 Å². The van der Waals surface area contributed by atoms with Gasteiger partial charge in [0.05, 0.1) is 24.9 Å². The summed E-state index contributed by atoms with van der Waals surface area (Å²) in [5.41, 5.74) is 2.21. The second-order valence-electron chi connectivity index (χ2n) is 5.24. The monoisotopic (exact) mass is 320 g/mol. The first-order valence-corrected chi connectivity index (χ1v) is 8.39. The molecule has 4 nitrogen and oxygen atoms in total. The van der Waals surface area contributed by atoms with E-state index in [9.17, 15) is 0 Å². The van der Waals surface area contributed by atoms with Gasteiger partial charge >= 0.3 is 0 Å². The van der Waals surface area contributed by atoms with Crippen LogP contribution in [-0.4, -0.2) is 19.2 Å². The van der Waals surface area contributed by atoms with Crippen molar-refractivity contribution in [3.05, 3.63) is 39.8 Å². The standard InChI is InChI=1S/C17H24N2O2S/c1-6-17-19-15(10-22-17)12(3)18-11(2)14-8-7-13(20-4)9-16(14)21-5/h7-12,18H,6H2,1-5H3/t11-,12+/m0/s1. The predicted molar refractivity (Wildman–Crippen MR) is 91.0 cm³/mol. The summed E-state index contributed by atoms with van der Waals surface area (Å²) in [5, 5.41) is 6.90. The lowest BCUT2D eigenvalue weighted by atomic mass is 10.1. The number of aromatic nitrogens is 1. The number of benzene rings is 1. The quantitative estimate of drug-likeness (QED) is 0.833. The topological polar surface area (TPSA) is 43.4 Å². The summed E-state index contributed by atoms with van der Waals surface area (Å²) in [6, 6.07) is 6.26. The van der Waals surface area contributed by atoms with Crippen LogP contribution in [0.2, 0.25) is 0 Å². The summed E-state index contributed by atoms with van der Waals surface area (Å²) in [5.74, 6) is 1.63. The van der Waals surface area contributed by atoms with Crippen LogP contribution in [0.25, 0.3) is 0 Å². The van der Waals surface area contributed by atoms with E-state index in [0.29, 0.717) is 0 Å². The Hall–Kier alpha value is -1.59. The molecule has 1 aromatic carbocycles. The van der Waals surface area contributed by atoms with Crippen LogP contribution in [0.4, 0.5) is 0 Å². The van der Waals surface area contributed by atoms with E-state index in [0.717, 1.165) is 29.2 Å². The Morgan fingerprint density at radius 3 is 2.55 bits per heavy atom. The average molecular weight is 320 g/mol. The Morgan fingerprint density at radius 2 is 1.95 bits per heavy atom. The third kappa shape index (κ3) is 3.78. The summed E-state index contributed by atoms with van der Waals surface area (Å²) in [4.78, 5) is 4.65. The van der Waals surface area contributed by atoms with E-state index in [2.05, 4.69) is 36.5 Å². The van der Waals surface area contributed by atoms with Gasteiger partial charge in [0.15, 0.2) is 0 Å². The second-order valence-corrected chi connectivity index (χ2v) is 6.18. The van der Waals surface area contributed by atoms with Crippen molar-refractivity contribution in [1.82, 2.24) is 10.3 Å². The summed E-state index contributed by atoms with van der Waals surface area (Å²) in [6.45, 7) is 6.40. The first kappa shape index (κ1) is 16.8. The van der Waals surface area contributed by atoms with Crippen molar-refractivity contribution < 1.29 is 9.47 Å². The molecule has 5 heteroatoms. The number of rotatable bonds is 7. The molecule has 0 unspecified atom stereocenters. The summed E-state index contributed by atoms with van der Waals surface area (Å²) < 4.78 is 10.7. The van der Waals surface area contributed by atoms with Gasteiger partial charge in [0.2, 0.25) is 0 Å². The maximum absolute atomic E-state index is 5.48. The number of hydrogen-bond donors (Lipinski definition) is 1. The number of thiazole rings is 1. The first-order chi connectivity index (χ1) is 10.6. The molecule has 1 heterocycles. The largest absolute Gasteiger partial charge is 0.497 e. The minimum Gasteiger partial charge on any atom is -0.497 e. The zero-order valence-corrected chi connectivity index (χ0v) is 14.7. The zero-order valence-electron chi connectivity index (χ0n) is 13.8. The van der Waals surface area contributed by atoms with E-state index in [4.69, 9.17) is 9.47 Å². The summed E-state index contributed by atoms with van der Waals surface area (Å²) in [6.07, 6.45) is 0.985. The van der Waals surface area contributed by atoms with Crippen LogP contribution in [0.3, 0.4) is 0 Å². The number of nitrogens with zero attached hydrogens (tertiary/aromatic N) is 1. The van der Waals surface area contributed by atoms with Crippen LogP contribution in [0, 0.1) is 0 Å². The van der Waals surface area contributed by atoms with Crippen molar-refractivity contribution in [3.63, 3.8) is 0 Å². The molecule has 0 aliphatic carbocycles. The Bertz CT molecular complexity index is 612. The zero-order chi connectivity index (χ0) is 16.1. The van der Waals surface area contributed by atoms with Gasteiger partial charge in [0, 0.05) is 29.1 Å². The van der Waals surface area contributed by atoms with Gasteiger partial charge in [-0.05, 0) is 26.3 Å². The number of nitrogens with one attached hydrogen (secondary N) is 1.